The summed E-state index contributed by atoms with van der Waals surface area (Å²) in [5.41, 5.74) is 10.6. The molecule has 0 spiro atoms. The Bertz CT molecular complexity index is 164. The van der Waals surface area contributed by atoms with Gasteiger partial charge in [-0.2, -0.15) is 0 Å². The molecule has 0 aromatic heterocycles. The molecule has 0 rings (SSSR count). The van der Waals surface area contributed by atoms with E-state index in [1.807, 2.05) is 0 Å². The molecule has 0 amide bonds. The van der Waals surface area contributed by atoms with Gasteiger partial charge in [0.2, 0.25) is 5.28 Å². The van der Waals surface area contributed by atoms with E-state index in [1.165, 1.54) is 5.01 Å². The van der Waals surface area contributed by atoms with E-state index in [4.69, 9.17) is 16.7 Å². The summed E-state index contributed by atoms with van der Waals surface area (Å²) in [7, 11) is 0. The molecule has 0 heterocycles. The fraction of sp³-hybridized carbons (Fsp3) is 1.00. The third-order valence-electron chi connectivity index (χ3n) is 1.81. The zero-order valence-electron chi connectivity index (χ0n) is 8.30. The third-order valence-corrected chi connectivity index (χ3v) is 1.81. The van der Waals surface area contributed by atoms with E-state index in [0.29, 0.717) is 32.6 Å². The SMILES string of the molecule is NCCCCN(CCCN)/[N+]([O-])=N/O. The van der Waals surface area contributed by atoms with Gasteiger partial charge < -0.3 is 21.9 Å². The van der Waals surface area contributed by atoms with Crippen LogP contribution in [-0.2, 0) is 0 Å². The lowest BCUT2D eigenvalue weighted by molar-refractivity contribution is -0.709. The Morgan fingerprint density at radius 1 is 1.14 bits per heavy atom. The third kappa shape index (κ3) is 5.55. The van der Waals surface area contributed by atoms with Crippen LogP contribution in [0.5, 0.6) is 0 Å². The predicted octanol–water partition coefficient (Wildman–Crippen LogP) is -0.357. The molecule has 0 saturated heterocycles. The van der Waals surface area contributed by atoms with Gasteiger partial charge >= 0.3 is 0 Å². The van der Waals surface area contributed by atoms with Crippen molar-refractivity contribution >= 4 is 0 Å². The summed E-state index contributed by atoms with van der Waals surface area (Å²) in [6.45, 7) is 2.13. The lowest BCUT2D eigenvalue weighted by Crippen LogP contribution is -2.33. The second-order valence-corrected chi connectivity index (χ2v) is 2.93. The first-order chi connectivity index (χ1) is 6.76. The minimum Gasteiger partial charge on any atom is -0.569 e. The molecule has 5 N–H and O–H groups in total. The van der Waals surface area contributed by atoms with Crippen LogP contribution in [0.25, 0.3) is 0 Å². The maximum absolute atomic E-state index is 11.0. The molecule has 14 heavy (non-hydrogen) atoms. The molecule has 7 nitrogen and oxygen atoms in total. The topological polar surface area (TPSA) is 114 Å². The van der Waals surface area contributed by atoms with Gasteiger partial charge in [-0.3, -0.25) is 0 Å². The van der Waals surface area contributed by atoms with Crippen molar-refractivity contribution in [3.8, 4) is 0 Å². The molecule has 0 aliphatic heterocycles. The molecule has 0 radical (unpaired) electrons. The summed E-state index contributed by atoms with van der Waals surface area (Å²) < 4.78 is 0. The Morgan fingerprint density at radius 3 is 2.21 bits per heavy atom. The molecule has 0 aliphatic rings. The Labute approximate surface area is 83.5 Å². The molecule has 0 saturated carbocycles. The molecular weight excluding hydrogens is 186 g/mol. The normalized spacial score (nSPS) is 11.7. The first-order valence-corrected chi connectivity index (χ1v) is 4.73. The average molecular weight is 205 g/mol. The van der Waals surface area contributed by atoms with Crippen LogP contribution < -0.4 is 11.5 Å². The molecule has 0 fully saturated rings. The summed E-state index contributed by atoms with van der Waals surface area (Å²) in [5, 5.41) is 23.2. The number of rotatable bonds is 8. The molecule has 7 heteroatoms. The van der Waals surface area contributed by atoms with Crippen molar-refractivity contribution < 1.29 is 10.2 Å². The van der Waals surface area contributed by atoms with Crippen molar-refractivity contribution in [3.05, 3.63) is 5.21 Å². The van der Waals surface area contributed by atoms with Crippen LogP contribution in [0.4, 0.5) is 0 Å². The molecule has 0 unspecified atom stereocenters. The molecular formula is C7H19N5O2. The fourth-order valence-electron chi connectivity index (χ4n) is 1.05. The van der Waals surface area contributed by atoms with E-state index >= 15 is 0 Å². The summed E-state index contributed by atoms with van der Waals surface area (Å²) >= 11 is 0. The number of hydrogen-bond donors (Lipinski definition) is 3. The minimum absolute atomic E-state index is 0.187. The predicted molar refractivity (Wildman–Crippen MR) is 51.4 cm³/mol. The Morgan fingerprint density at radius 2 is 1.71 bits per heavy atom. The minimum atomic E-state index is 0.187. The van der Waals surface area contributed by atoms with Crippen molar-refractivity contribution in [2.75, 3.05) is 26.2 Å². The zero-order valence-corrected chi connectivity index (χ0v) is 8.30. The maximum atomic E-state index is 11.0. The van der Waals surface area contributed by atoms with E-state index in [1.54, 1.807) is 0 Å². The van der Waals surface area contributed by atoms with Crippen molar-refractivity contribution in [1.29, 1.82) is 0 Å². The van der Waals surface area contributed by atoms with Crippen LogP contribution in [-0.4, -0.2) is 41.4 Å². The summed E-state index contributed by atoms with van der Waals surface area (Å²) in [6, 6.07) is 0. The number of nitrogens with two attached hydrogens (primary N) is 2. The molecule has 0 aromatic rings. The van der Waals surface area contributed by atoms with Crippen LogP contribution in [0.15, 0.2) is 5.28 Å². The molecule has 0 bridgehead atoms. The van der Waals surface area contributed by atoms with Crippen LogP contribution in [0.2, 0.25) is 0 Å². The Hall–Kier alpha value is -1.08. The highest BCUT2D eigenvalue weighted by atomic mass is 16.6. The van der Waals surface area contributed by atoms with E-state index in [0.717, 1.165) is 12.8 Å². The first kappa shape index (κ1) is 12.9. The number of hydrogen-bond acceptors (Lipinski definition) is 4. The monoisotopic (exact) mass is 205 g/mol. The van der Waals surface area contributed by atoms with Gasteiger partial charge in [0.05, 0.1) is 18.1 Å². The largest absolute Gasteiger partial charge is 0.569 e. The smallest absolute Gasteiger partial charge is 0.230 e. The van der Waals surface area contributed by atoms with Crippen molar-refractivity contribution in [2.45, 2.75) is 19.3 Å². The molecule has 0 aliphatic carbocycles. The van der Waals surface area contributed by atoms with Gasteiger partial charge in [0.25, 0.3) is 0 Å². The van der Waals surface area contributed by atoms with E-state index < -0.39 is 0 Å². The Kier molecular flexibility index (Phi) is 7.86. The highest BCUT2D eigenvalue weighted by molar-refractivity contribution is 4.49. The number of hydrazine groups is 1. The highest BCUT2D eigenvalue weighted by Gasteiger charge is 2.10. The first-order valence-electron chi connectivity index (χ1n) is 4.73. The molecule has 0 aromatic carbocycles. The van der Waals surface area contributed by atoms with Gasteiger partial charge in [0.15, 0.2) is 0 Å². The molecule has 0 atom stereocenters. The lowest BCUT2D eigenvalue weighted by atomic mass is 10.3. The second kappa shape index (κ2) is 8.52. The van der Waals surface area contributed by atoms with E-state index in [-0.39, 0.29) is 4.97 Å². The summed E-state index contributed by atoms with van der Waals surface area (Å²) in [5.74, 6) is 0. The van der Waals surface area contributed by atoms with Gasteiger partial charge in [-0.05, 0) is 32.4 Å². The van der Waals surface area contributed by atoms with Crippen LogP contribution in [0.3, 0.4) is 0 Å². The van der Waals surface area contributed by atoms with Crippen molar-refractivity contribution in [3.63, 3.8) is 0 Å². The van der Waals surface area contributed by atoms with Crippen molar-refractivity contribution in [1.82, 2.24) is 5.01 Å². The van der Waals surface area contributed by atoms with Gasteiger partial charge in [-0.1, -0.05) is 0 Å². The van der Waals surface area contributed by atoms with Crippen LogP contribution in [0.1, 0.15) is 19.3 Å². The van der Waals surface area contributed by atoms with E-state index in [2.05, 4.69) is 5.28 Å². The Balaban J connectivity index is 3.85. The van der Waals surface area contributed by atoms with E-state index in [9.17, 15) is 5.21 Å². The maximum Gasteiger partial charge on any atom is 0.230 e. The van der Waals surface area contributed by atoms with Crippen LogP contribution in [0, 0.1) is 5.21 Å². The number of unbranched alkanes of at least 4 members (excludes halogenated alkanes) is 1. The van der Waals surface area contributed by atoms with Gasteiger partial charge in [0, 0.05) is 0 Å². The van der Waals surface area contributed by atoms with Gasteiger partial charge in [-0.25, -0.2) is 0 Å². The van der Waals surface area contributed by atoms with Crippen LogP contribution >= 0.6 is 0 Å². The standard InChI is InChI=1S/C7H19N5O2/c8-4-1-2-6-11(7-3-5-9)12(14)10-13/h13H,1-9H2/b12-10-. The van der Waals surface area contributed by atoms with Gasteiger partial charge in [0.1, 0.15) is 0 Å². The van der Waals surface area contributed by atoms with Crippen molar-refractivity contribution in [2.24, 2.45) is 16.7 Å². The molecule has 84 valence electrons. The second-order valence-electron chi connectivity index (χ2n) is 2.93. The summed E-state index contributed by atoms with van der Waals surface area (Å²) in [6.07, 6.45) is 2.34. The lowest BCUT2D eigenvalue weighted by Gasteiger charge is -2.16. The highest BCUT2D eigenvalue weighted by Crippen LogP contribution is 1.97. The fourth-order valence-corrected chi connectivity index (χ4v) is 1.05. The number of nitrogens with zero attached hydrogens (tertiary/aromatic N) is 3. The zero-order chi connectivity index (χ0) is 10.8. The van der Waals surface area contributed by atoms with Gasteiger partial charge in [-0.15, -0.1) is 5.01 Å². The average Bonchev–Trinajstić information content (AvgIpc) is 2.22. The summed E-state index contributed by atoms with van der Waals surface area (Å²) in [4.78, 5) is 0.187. The quantitative estimate of drug-likeness (QED) is 0.217.